The van der Waals surface area contributed by atoms with E-state index in [1.54, 1.807) is 22.9 Å². The first-order valence-corrected chi connectivity index (χ1v) is 7.02. The van der Waals surface area contributed by atoms with Crippen LogP contribution in [0.5, 0.6) is 0 Å². The van der Waals surface area contributed by atoms with Crippen LogP contribution in [0.2, 0.25) is 5.02 Å². The number of rotatable bonds is 4. The Hall–Kier alpha value is -1.33. The van der Waals surface area contributed by atoms with Gasteiger partial charge in [0, 0.05) is 22.3 Å². The zero-order valence-corrected chi connectivity index (χ0v) is 12.7. The van der Waals surface area contributed by atoms with Crippen molar-refractivity contribution in [1.29, 1.82) is 0 Å². The van der Waals surface area contributed by atoms with E-state index in [1.807, 2.05) is 6.92 Å². The Morgan fingerprint density at radius 2 is 2.21 bits per heavy atom. The van der Waals surface area contributed by atoms with Crippen LogP contribution in [-0.2, 0) is 6.54 Å². The molecular weight excluding hydrogens is 330 g/mol. The van der Waals surface area contributed by atoms with Gasteiger partial charge in [-0.1, -0.05) is 34.5 Å². The summed E-state index contributed by atoms with van der Waals surface area (Å²) >= 11 is 9.38. The number of aryl methyl sites for hydroxylation is 1. The van der Waals surface area contributed by atoms with Gasteiger partial charge >= 0.3 is 0 Å². The van der Waals surface area contributed by atoms with Crippen molar-refractivity contribution >= 4 is 39.0 Å². The maximum absolute atomic E-state index is 12.5. The molecule has 2 aromatic rings. The fraction of sp³-hybridized carbons (Fsp3) is 0.231. The molecule has 100 valence electrons. The minimum absolute atomic E-state index is 0.177. The smallest absolute Gasteiger partial charge is 0.212 e. The summed E-state index contributed by atoms with van der Waals surface area (Å²) in [6, 6.07) is 5.09. The molecule has 0 spiro atoms. The maximum Gasteiger partial charge on any atom is 0.212 e. The summed E-state index contributed by atoms with van der Waals surface area (Å²) in [4.78, 5) is 12.5. The van der Waals surface area contributed by atoms with Crippen LogP contribution in [0.15, 0.2) is 28.9 Å². The molecule has 0 fully saturated rings. The van der Waals surface area contributed by atoms with E-state index in [4.69, 9.17) is 17.3 Å². The molecule has 0 aliphatic carbocycles. The van der Waals surface area contributed by atoms with Crippen molar-refractivity contribution in [3.05, 3.63) is 45.1 Å². The summed E-state index contributed by atoms with van der Waals surface area (Å²) in [5.74, 6) is -0.177. The van der Waals surface area contributed by atoms with Crippen LogP contribution in [0.4, 0.5) is 5.69 Å². The molecule has 0 aliphatic heterocycles. The third-order valence-corrected chi connectivity index (χ3v) is 3.36. The van der Waals surface area contributed by atoms with Gasteiger partial charge in [-0.25, -0.2) is 0 Å². The van der Waals surface area contributed by atoms with Gasteiger partial charge in [0.25, 0.3) is 0 Å². The molecule has 0 saturated heterocycles. The number of hydrogen-bond donors (Lipinski definition) is 1. The Morgan fingerprint density at radius 1 is 1.47 bits per heavy atom. The molecule has 0 atom stereocenters. The lowest BCUT2D eigenvalue weighted by Gasteiger charge is -2.07. The normalized spacial score (nSPS) is 10.7. The second-order valence-corrected chi connectivity index (χ2v) is 5.49. The Morgan fingerprint density at radius 3 is 2.84 bits per heavy atom. The van der Waals surface area contributed by atoms with Crippen molar-refractivity contribution in [3.8, 4) is 0 Å². The molecule has 0 amide bonds. The van der Waals surface area contributed by atoms with Crippen molar-refractivity contribution in [1.82, 2.24) is 9.78 Å². The molecule has 0 aliphatic rings. The van der Waals surface area contributed by atoms with Crippen molar-refractivity contribution in [2.24, 2.45) is 0 Å². The lowest BCUT2D eigenvalue weighted by molar-refractivity contribution is 0.102. The Bertz CT molecular complexity index is 604. The van der Waals surface area contributed by atoms with Gasteiger partial charge in [0.1, 0.15) is 5.69 Å². The van der Waals surface area contributed by atoms with E-state index < -0.39 is 0 Å². The summed E-state index contributed by atoms with van der Waals surface area (Å²) in [5.41, 5.74) is 7.17. The van der Waals surface area contributed by atoms with Crippen LogP contribution in [0.1, 0.15) is 29.4 Å². The zero-order valence-electron chi connectivity index (χ0n) is 10.4. The van der Waals surface area contributed by atoms with Crippen molar-refractivity contribution in [2.75, 3.05) is 5.73 Å². The third kappa shape index (κ3) is 2.98. The van der Waals surface area contributed by atoms with Crippen molar-refractivity contribution < 1.29 is 4.79 Å². The number of carbonyl (C=O) groups is 1. The summed E-state index contributed by atoms with van der Waals surface area (Å²) in [6.07, 6.45) is 2.37. The van der Waals surface area contributed by atoms with E-state index in [1.165, 1.54) is 6.20 Å². The summed E-state index contributed by atoms with van der Waals surface area (Å²) in [5, 5.41) is 4.48. The molecule has 19 heavy (non-hydrogen) atoms. The average molecular weight is 343 g/mol. The number of nitrogens with two attached hydrogens (primary N) is 1. The highest BCUT2D eigenvalue weighted by Crippen LogP contribution is 2.23. The standard InChI is InChI=1S/C13H13BrClN3O/c1-2-3-18-12(11(15)7-17-18)13(19)8-4-9(14)6-10(16)5-8/h4-7H,2-3,16H2,1H3. The van der Waals surface area contributed by atoms with Gasteiger partial charge in [0.05, 0.1) is 11.2 Å². The fourth-order valence-corrected chi connectivity index (χ4v) is 2.59. The van der Waals surface area contributed by atoms with E-state index in [2.05, 4.69) is 21.0 Å². The zero-order chi connectivity index (χ0) is 14.0. The van der Waals surface area contributed by atoms with Crippen LogP contribution in [0.25, 0.3) is 0 Å². The summed E-state index contributed by atoms with van der Waals surface area (Å²) < 4.78 is 2.38. The van der Waals surface area contributed by atoms with Crippen LogP contribution < -0.4 is 5.73 Å². The molecule has 0 radical (unpaired) electrons. The number of aromatic nitrogens is 2. The number of nitrogen functional groups attached to an aromatic ring is 1. The second kappa shape index (κ2) is 5.75. The number of nitrogens with zero attached hydrogens (tertiary/aromatic N) is 2. The molecule has 6 heteroatoms. The van der Waals surface area contributed by atoms with Crippen LogP contribution in [0.3, 0.4) is 0 Å². The van der Waals surface area contributed by atoms with Crippen LogP contribution in [-0.4, -0.2) is 15.6 Å². The first-order valence-electron chi connectivity index (χ1n) is 5.85. The molecule has 1 heterocycles. The molecule has 1 aromatic carbocycles. The van der Waals surface area contributed by atoms with E-state index in [0.717, 1.165) is 10.9 Å². The monoisotopic (exact) mass is 341 g/mol. The SMILES string of the molecule is CCCn1ncc(Cl)c1C(=O)c1cc(N)cc(Br)c1. The Balaban J connectivity index is 2.46. The third-order valence-electron chi connectivity index (χ3n) is 2.63. The summed E-state index contributed by atoms with van der Waals surface area (Å²) in [7, 11) is 0. The van der Waals surface area contributed by atoms with Crippen molar-refractivity contribution in [2.45, 2.75) is 19.9 Å². The molecule has 1 aromatic heterocycles. The van der Waals surface area contributed by atoms with Gasteiger partial charge < -0.3 is 5.73 Å². The molecule has 4 nitrogen and oxygen atoms in total. The molecular formula is C13H13BrClN3O. The predicted octanol–water partition coefficient (Wildman–Crippen LogP) is 3.52. The van der Waals surface area contributed by atoms with Gasteiger partial charge in [0.2, 0.25) is 5.78 Å². The predicted molar refractivity (Wildman–Crippen MR) is 79.5 cm³/mol. The van der Waals surface area contributed by atoms with Gasteiger partial charge in [-0.05, 0) is 24.6 Å². The fourth-order valence-electron chi connectivity index (χ4n) is 1.85. The van der Waals surface area contributed by atoms with E-state index in [9.17, 15) is 4.79 Å². The minimum atomic E-state index is -0.177. The number of ketones is 1. The lowest BCUT2D eigenvalue weighted by atomic mass is 10.1. The second-order valence-electron chi connectivity index (χ2n) is 4.17. The summed E-state index contributed by atoms with van der Waals surface area (Å²) in [6.45, 7) is 2.66. The number of anilines is 1. The topological polar surface area (TPSA) is 60.9 Å². The van der Waals surface area contributed by atoms with Gasteiger partial charge in [-0.2, -0.15) is 5.10 Å². The molecule has 0 saturated carbocycles. The highest BCUT2D eigenvalue weighted by molar-refractivity contribution is 9.10. The first-order chi connectivity index (χ1) is 9.02. The van der Waals surface area contributed by atoms with Gasteiger partial charge in [0.15, 0.2) is 0 Å². The Kier molecular flexibility index (Phi) is 4.27. The molecule has 2 N–H and O–H groups in total. The van der Waals surface area contributed by atoms with E-state index in [0.29, 0.717) is 28.5 Å². The number of carbonyl (C=O) groups excluding carboxylic acids is 1. The van der Waals surface area contributed by atoms with E-state index >= 15 is 0 Å². The van der Waals surface area contributed by atoms with Crippen LogP contribution in [0, 0.1) is 0 Å². The Labute approximate surface area is 124 Å². The first kappa shape index (κ1) is 14.1. The lowest BCUT2D eigenvalue weighted by Crippen LogP contribution is -2.12. The molecule has 2 rings (SSSR count). The van der Waals surface area contributed by atoms with Crippen LogP contribution >= 0.6 is 27.5 Å². The quantitative estimate of drug-likeness (QED) is 0.683. The molecule has 0 unspecified atom stereocenters. The number of benzene rings is 1. The minimum Gasteiger partial charge on any atom is -0.399 e. The highest BCUT2D eigenvalue weighted by atomic mass is 79.9. The van der Waals surface area contributed by atoms with Gasteiger partial charge in [-0.15, -0.1) is 0 Å². The molecule has 0 bridgehead atoms. The maximum atomic E-state index is 12.5. The average Bonchev–Trinajstić information content (AvgIpc) is 2.69. The van der Waals surface area contributed by atoms with E-state index in [-0.39, 0.29) is 5.78 Å². The van der Waals surface area contributed by atoms with Gasteiger partial charge in [-0.3, -0.25) is 9.48 Å². The number of hydrogen-bond acceptors (Lipinski definition) is 3. The largest absolute Gasteiger partial charge is 0.399 e. The highest BCUT2D eigenvalue weighted by Gasteiger charge is 2.19. The number of halogens is 2. The van der Waals surface area contributed by atoms with Crippen molar-refractivity contribution in [3.63, 3.8) is 0 Å².